The largest absolute Gasteiger partial charge is 0.482 e. The normalized spacial score (nSPS) is 14.0. The van der Waals surface area contributed by atoms with Gasteiger partial charge in [-0.25, -0.2) is 4.79 Å². The summed E-state index contributed by atoms with van der Waals surface area (Å²) in [5.41, 5.74) is 3.78. The molecule has 0 radical (unpaired) electrons. The Morgan fingerprint density at radius 1 is 1.19 bits per heavy atom. The number of thiophene rings is 1. The number of fused-ring (bicyclic) bond motifs is 1. The Balaban J connectivity index is 1.41. The van der Waals surface area contributed by atoms with E-state index in [1.165, 1.54) is 40.6 Å². The molecule has 1 unspecified atom stereocenters. The Labute approximate surface area is 219 Å². The highest BCUT2D eigenvalue weighted by atomic mass is 32.2. The number of aromatic nitrogens is 3. The number of aryl methyl sites for hydroxylation is 3. The highest BCUT2D eigenvalue weighted by molar-refractivity contribution is 7.99. The molecule has 0 spiro atoms. The summed E-state index contributed by atoms with van der Waals surface area (Å²) in [7, 11) is 3.24. The van der Waals surface area contributed by atoms with Crippen molar-refractivity contribution in [3.8, 4) is 5.75 Å². The number of carbonyl (C=O) groups excluding carboxylic acids is 2. The van der Waals surface area contributed by atoms with Crippen LogP contribution in [-0.2, 0) is 29.4 Å². The van der Waals surface area contributed by atoms with Crippen molar-refractivity contribution in [3.05, 3.63) is 51.2 Å². The number of benzene rings is 1. The van der Waals surface area contributed by atoms with Crippen molar-refractivity contribution < 1.29 is 19.1 Å². The molecule has 3 aromatic rings. The highest BCUT2D eigenvalue weighted by Gasteiger charge is 2.26. The Hall–Kier alpha value is -2.85. The summed E-state index contributed by atoms with van der Waals surface area (Å²) in [5.74, 6) is 1.02. The van der Waals surface area contributed by atoms with Crippen LogP contribution in [0.3, 0.4) is 0 Å². The molecule has 4 rings (SSSR count). The number of nitrogens with zero attached hydrogens (tertiary/aromatic N) is 3. The van der Waals surface area contributed by atoms with E-state index in [-0.39, 0.29) is 17.8 Å². The minimum absolute atomic E-state index is 0.140. The van der Waals surface area contributed by atoms with Crippen LogP contribution in [0.4, 0.5) is 5.00 Å². The van der Waals surface area contributed by atoms with Gasteiger partial charge >= 0.3 is 5.97 Å². The Kier molecular flexibility index (Phi) is 8.35. The molecule has 0 bridgehead atoms. The van der Waals surface area contributed by atoms with E-state index in [1.54, 1.807) is 0 Å². The number of hydrogen-bond donors (Lipinski definition) is 1. The topological polar surface area (TPSA) is 95.3 Å². The zero-order valence-corrected chi connectivity index (χ0v) is 23.0. The molecule has 0 aliphatic heterocycles. The van der Waals surface area contributed by atoms with Gasteiger partial charge in [-0.15, -0.1) is 21.5 Å². The fourth-order valence-electron chi connectivity index (χ4n) is 4.42. The molecule has 1 N–H and O–H groups in total. The van der Waals surface area contributed by atoms with Gasteiger partial charge in [0.05, 0.1) is 18.4 Å². The number of nitrogens with one attached hydrogen (secondary N) is 1. The zero-order valence-electron chi connectivity index (χ0n) is 21.3. The SMILES string of the molecule is COC(=O)c1c(NC(=O)CSc2nnc(C(C)Oc3ccc(C)cc3C)n2C)sc2c1CCCCC2. The van der Waals surface area contributed by atoms with Crippen LogP contribution in [0.5, 0.6) is 5.75 Å². The van der Waals surface area contributed by atoms with Crippen LogP contribution in [0.15, 0.2) is 23.4 Å². The predicted octanol–water partition coefficient (Wildman–Crippen LogP) is 5.42. The van der Waals surface area contributed by atoms with Crippen LogP contribution < -0.4 is 10.1 Å². The van der Waals surface area contributed by atoms with Crippen molar-refractivity contribution in [3.63, 3.8) is 0 Å². The van der Waals surface area contributed by atoms with E-state index >= 15 is 0 Å². The molecule has 1 amide bonds. The molecule has 8 nitrogen and oxygen atoms in total. The molecule has 2 heterocycles. The van der Waals surface area contributed by atoms with Crippen LogP contribution in [0.25, 0.3) is 0 Å². The van der Waals surface area contributed by atoms with Crippen LogP contribution in [0.1, 0.15) is 70.0 Å². The van der Waals surface area contributed by atoms with Crippen LogP contribution in [-0.4, -0.2) is 39.5 Å². The fourth-order valence-corrected chi connectivity index (χ4v) is 6.43. The fraction of sp³-hybridized carbons (Fsp3) is 0.462. The predicted molar refractivity (Wildman–Crippen MR) is 142 cm³/mol. The minimum atomic E-state index is -0.395. The van der Waals surface area contributed by atoms with Crippen molar-refractivity contribution in [2.45, 2.75) is 64.1 Å². The van der Waals surface area contributed by atoms with Gasteiger partial charge in [0.1, 0.15) is 10.8 Å². The van der Waals surface area contributed by atoms with Crippen molar-refractivity contribution >= 4 is 40.0 Å². The number of hydrogen-bond acceptors (Lipinski definition) is 8. The van der Waals surface area contributed by atoms with E-state index < -0.39 is 5.97 Å². The molecule has 1 aromatic carbocycles. The van der Waals surface area contributed by atoms with Gasteiger partial charge < -0.3 is 19.4 Å². The third-order valence-electron chi connectivity index (χ3n) is 6.26. The number of methoxy groups -OCH3 is 1. The second-order valence-electron chi connectivity index (χ2n) is 9.03. The summed E-state index contributed by atoms with van der Waals surface area (Å²) >= 11 is 2.78. The Morgan fingerprint density at radius 2 is 1.97 bits per heavy atom. The molecule has 1 aliphatic rings. The molecule has 36 heavy (non-hydrogen) atoms. The molecule has 1 aliphatic carbocycles. The Morgan fingerprint density at radius 3 is 2.72 bits per heavy atom. The lowest BCUT2D eigenvalue weighted by Crippen LogP contribution is -2.17. The average Bonchev–Trinajstić information content (AvgIpc) is 3.29. The summed E-state index contributed by atoms with van der Waals surface area (Å²) in [6.45, 7) is 6.00. The summed E-state index contributed by atoms with van der Waals surface area (Å²) < 4.78 is 13.0. The van der Waals surface area contributed by atoms with Gasteiger partial charge in [-0.1, -0.05) is 35.9 Å². The third-order valence-corrected chi connectivity index (χ3v) is 8.49. The first-order valence-corrected chi connectivity index (χ1v) is 13.9. The molecular weight excluding hydrogens is 496 g/mol. The van der Waals surface area contributed by atoms with Crippen LogP contribution in [0, 0.1) is 13.8 Å². The summed E-state index contributed by atoms with van der Waals surface area (Å²) in [4.78, 5) is 26.5. The lowest BCUT2D eigenvalue weighted by molar-refractivity contribution is -0.113. The molecule has 0 fully saturated rings. The summed E-state index contributed by atoms with van der Waals surface area (Å²) in [5, 5.41) is 12.7. The first-order chi connectivity index (χ1) is 17.3. The number of thioether (sulfide) groups is 1. The van der Waals surface area contributed by atoms with Gasteiger partial charge in [0.2, 0.25) is 5.91 Å². The van der Waals surface area contributed by atoms with E-state index in [1.807, 2.05) is 44.5 Å². The highest BCUT2D eigenvalue weighted by Crippen LogP contribution is 2.38. The molecule has 10 heteroatoms. The standard InChI is InChI=1S/C26H32N4O4S2/c1-15-11-12-19(16(2)13-15)34-17(3)23-28-29-26(30(23)4)35-14-21(31)27-24-22(25(32)33-5)18-9-7-6-8-10-20(18)36-24/h11-13,17H,6-10,14H2,1-5H3,(H,27,31). The van der Waals surface area contributed by atoms with E-state index in [0.717, 1.165) is 49.0 Å². The quantitative estimate of drug-likeness (QED) is 0.237. The van der Waals surface area contributed by atoms with Gasteiger partial charge in [0, 0.05) is 11.9 Å². The van der Waals surface area contributed by atoms with Gasteiger partial charge in [0.15, 0.2) is 17.1 Å². The zero-order chi connectivity index (χ0) is 25.8. The van der Waals surface area contributed by atoms with E-state index in [9.17, 15) is 9.59 Å². The minimum Gasteiger partial charge on any atom is -0.482 e. The van der Waals surface area contributed by atoms with Gasteiger partial charge in [-0.05, 0) is 63.6 Å². The molecule has 192 valence electrons. The van der Waals surface area contributed by atoms with Crippen molar-refractivity contribution in [2.75, 3.05) is 18.2 Å². The molecule has 0 saturated carbocycles. The maximum Gasteiger partial charge on any atom is 0.341 e. The number of carbonyl (C=O) groups is 2. The summed E-state index contributed by atoms with van der Waals surface area (Å²) in [6, 6.07) is 6.06. The Bertz CT molecular complexity index is 1270. The lowest BCUT2D eigenvalue weighted by Gasteiger charge is -2.16. The van der Waals surface area contributed by atoms with Gasteiger partial charge in [0.25, 0.3) is 0 Å². The first kappa shape index (κ1) is 26.2. The number of esters is 1. The summed E-state index contributed by atoms with van der Waals surface area (Å²) in [6.07, 6.45) is 4.74. The first-order valence-electron chi connectivity index (χ1n) is 12.1. The van der Waals surface area contributed by atoms with E-state index in [2.05, 4.69) is 21.6 Å². The lowest BCUT2D eigenvalue weighted by atomic mass is 10.1. The van der Waals surface area contributed by atoms with E-state index in [0.29, 0.717) is 21.5 Å². The number of amides is 1. The average molecular weight is 529 g/mol. The van der Waals surface area contributed by atoms with Gasteiger partial charge in [-0.2, -0.15) is 0 Å². The molecule has 1 atom stereocenters. The number of ether oxygens (including phenoxy) is 2. The van der Waals surface area contributed by atoms with Crippen LogP contribution >= 0.6 is 23.1 Å². The molecule has 0 saturated heterocycles. The van der Waals surface area contributed by atoms with Crippen LogP contribution in [0.2, 0.25) is 0 Å². The number of rotatable bonds is 8. The van der Waals surface area contributed by atoms with Crippen molar-refractivity contribution in [1.29, 1.82) is 0 Å². The second kappa shape index (κ2) is 11.5. The maximum absolute atomic E-state index is 12.8. The van der Waals surface area contributed by atoms with Gasteiger partial charge in [-0.3, -0.25) is 4.79 Å². The molecule has 2 aromatic heterocycles. The third kappa shape index (κ3) is 5.75. The van der Waals surface area contributed by atoms with E-state index in [4.69, 9.17) is 9.47 Å². The van der Waals surface area contributed by atoms with Crippen molar-refractivity contribution in [1.82, 2.24) is 14.8 Å². The maximum atomic E-state index is 12.8. The second-order valence-corrected chi connectivity index (χ2v) is 11.1. The van der Waals surface area contributed by atoms with Crippen molar-refractivity contribution in [2.24, 2.45) is 7.05 Å². The monoisotopic (exact) mass is 528 g/mol. The smallest absolute Gasteiger partial charge is 0.341 e. The molecular formula is C26H32N4O4S2. The number of anilines is 1.